The van der Waals surface area contributed by atoms with Gasteiger partial charge in [0.1, 0.15) is 10.6 Å². The van der Waals surface area contributed by atoms with E-state index in [4.69, 9.17) is 11.6 Å². The van der Waals surface area contributed by atoms with Gasteiger partial charge in [-0.05, 0) is 62.6 Å². The van der Waals surface area contributed by atoms with Crippen LogP contribution in [0.25, 0.3) is 0 Å². The molecule has 2 aliphatic rings. The minimum absolute atomic E-state index is 0.234. The molecule has 2 heterocycles. The Morgan fingerprint density at radius 1 is 0.867 bits per heavy atom. The summed E-state index contributed by atoms with van der Waals surface area (Å²) in [6.07, 6.45) is 4.39. The van der Waals surface area contributed by atoms with Crippen molar-refractivity contribution in [3.63, 3.8) is 0 Å². The largest absolute Gasteiger partial charge is 0.366 e. The van der Waals surface area contributed by atoms with Gasteiger partial charge in [0.05, 0.1) is 5.69 Å². The second kappa shape index (κ2) is 8.86. The van der Waals surface area contributed by atoms with Crippen molar-refractivity contribution in [1.82, 2.24) is 4.90 Å². The molecular formula is C24H25ClN2O2S. The lowest BCUT2D eigenvalue weighted by molar-refractivity contribution is -0.121. The topological polar surface area (TPSA) is 40.6 Å². The van der Waals surface area contributed by atoms with Crippen molar-refractivity contribution in [3.8, 4) is 0 Å². The maximum absolute atomic E-state index is 13.6. The predicted molar refractivity (Wildman–Crippen MR) is 123 cm³/mol. The lowest BCUT2D eigenvalue weighted by Crippen LogP contribution is -2.36. The number of nitrogens with zero attached hydrogens (tertiary/aromatic N) is 2. The van der Waals surface area contributed by atoms with Gasteiger partial charge in [-0.1, -0.05) is 53.9 Å². The Labute approximate surface area is 186 Å². The molecule has 4 rings (SSSR count). The normalized spacial score (nSPS) is 17.7. The lowest BCUT2D eigenvalue weighted by Gasteiger charge is -2.24. The molecule has 2 amide bonds. The quantitative estimate of drug-likeness (QED) is 0.571. The molecule has 1 saturated heterocycles. The van der Waals surface area contributed by atoms with Crippen LogP contribution in [-0.2, 0) is 9.59 Å². The first-order chi connectivity index (χ1) is 14.5. The molecule has 30 heavy (non-hydrogen) atoms. The van der Waals surface area contributed by atoms with Crippen LogP contribution in [0.1, 0.15) is 36.8 Å². The van der Waals surface area contributed by atoms with Crippen molar-refractivity contribution in [2.24, 2.45) is 0 Å². The molecule has 2 aromatic rings. The number of benzene rings is 2. The Morgan fingerprint density at radius 2 is 1.53 bits per heavy atom. The third-order valence-electron chi connectivity index (χ3n) is 5.58. The van der Waals surface area contributed by atoms with Crippen LogP contribution in [0.3, 0.4) is 0 Å². The fourth-order valence-corrected chi connectivity index (χ4v) is 5.20. The Hall–Kier alpha value is -2.24. The molecule has 0 saturated carbocycles. The molecule has 0 atom stereocenters. The Morgan fingerprint density at radius 3 is 2.17 bits per heavy atom. The molecular weight excluding hydrogens is 416 g/mol. The van der Waals surface area contributed by atoms with Crippen LogP contribution >= 0.6 is 23.4 Å². The molecule has 0 bridgehead atoms. The van der Waals surface area contributed by atoms with Crippen LogP contribution in [-0.4, -0.2) is 29.8 Å². The fourth-order valence-electron chi connectivity index (χ4n) is 3.98. The number of carbonyl (C=O) groups excluding carboxylic acids is 2. The highest BCUT2D eigenvalue weighted by Gasteiger charge is 2.43. The number of thioether (sulfide) groups is 1. The molecule has 2 aromatic carbocycles. The number of hydrogen-bond acceptors (Lipinski definition) is 4. The van der Waals surface area contributed by atoms with Gasteiger partial charge in [-0.25, -0.2) is 4.90 Å². The molecule has 0 unspecified atom stereocenters. The van der Waals surface area contributed by atoms with Crippen LogP contribution in [0, 0.1) is 13.8 Å². The molecule has 6 heteroatoms. The first-order valence-electron chi connectivity index (χ1n) is 10.3. The monoisotopic (exact) mass is 440 g/mol. The molecule has 0 N–H and O–H groups in total. The van der Waals surface area contributed by atoms with E-state index in [0.29, 0.717) is 21.3 Å². The molecule has 1 fully saturated rings. The van der Waals surface area contributed by atoms with Gasteiger partial charge in [0.25, 0.3) is 11.8 Å². The summed E-state index contributed by atoms with van der Waals surface area (Å²) in [4.78, 5) is 32.0. The average Bonchev–Trinajstić information content (AvgIpc) is 2.89. The summed E-state index contributed by atoms with van der Waals surface area (Å²) in [5, 5.41) is 0.588. The fraction of sp³-hybridized carbons (Fsp3) is 0.333. The predicted octanol–water partition coefficient (Wildman–Crippen LogP) is 5.71. The number of amides is 2. The third kappa shape index (κ3) is 4.14. The minimum Gasteiger partial charge on any atom is -0.366 e. The third-order valence-corrected chi connectivity index (χ3v) is 6.90. The van der Waals surface area contributed by atoms with E-state index in [1.807, 2.05) is 38.1 Å². The number of likely N-dealkylation sites (tertiary alicyclic amines) is 1. The number of rotatable bonds is 4. The van der Waals surface area contributed by atoms with E-state index in [1.54, 1.807) is 18.2 Å². The first-order valence-corrected chi connectivity index (χ1v) is 11.5. The average molecular weight is 441 g/mol. The van der Waals surface area contributed by atoms with Crippen LogP contribution in [0.4, 0.5) is 5.69 Å². The summed E-state index contributed by atoms with van der Waals surface area (Å²) in [7, 11) is 0. The van der Waals surface area contributed by atoms with Gasteiger partial charge in [-0.15, -0.1) is 0 Å². The number of hydrogen-bond donors (Lipinski definition) is 0. The van der Waals surface area contributed by atoms with Crippen LogP contribution in [0.2, 0.25) is 5.02 Å². The zero-order valence-electron chi connectivity index (χ0n) is 17.3. The summed E-state index contributed by atoms with van der Waals surface area (Å²) < 4.78 is 0. The van der Waals surface area contributed by atoms with E-state index >= 15 is 0 Å². The van der Waals surface area contributed by atoms with Gasteiger partial charge in [-0.2, -0.15) is 0 Å². The molecule has 4 nitrogen and oxygen atoms in total. The van der Waals surface area contributed by atoms with Crippen molar-refractivity contribution in [2.75, 3.05) is 18.0 Å². The maximum Gasteiger partial charge on any atom is 0.283 e. The highest BCUT2D eigenvalue weighted by molar-refractivity contribution is 8.04. The Kier molecular flexibility index (Phi) is 6.21. The SMILES string of the molecule is Cc1ccc(SC2=C(N3CCCCCC3)C(=O)N(c3ccc(Cl)cc3C)C2=O)cc1. The second-order valence-corrected chi connectivity index (χ2v) is 9.39. The molecule has 156 valence electrons. The van der Waals surface area contributed by atoms with Gasteiger partial charge >= 0.3 is 0 Å². The maximum atomic E-state index is 13.6. The number of carbonyl (C=O) groups is 2. The molecule has 0 aliphatic carbocycles. The summed E-state index contributed by atoms with van der Waals surface area (Å²) >= 11 is 7.49. The van der Waals surface area contributed by atoms with Crippen molar-refractivity contribution in [3.05, 3.63) is 69.2 Å². The zero-order valence-corrected chi connectivity index (χ0v) is 18.9. The highest BCUT2D eigenvalue weighted by atomic mass is 35.5. The minimum atomic E-state index is -0.254. The standard InChI is InChI=1S/C24H25ClN2O2S/c1-16-7-10-19(11-8-16)30-22-21(26-13-5-3-4-6-14-26)23(28)27(24(22)29)20-12-9-18(25)15-17(20)2/h7-12,15H,3-6,13-14H2,1-2H3. The van der Waals surface area contributed by atoms with Crippen LogP contribution in [0.15, 0.2) is 58.0 Å². The van der Waals surface area contributed by atoms with Crippen LogP contribution in [0.5, 0.6) is 0 Å². The van der Waals surface area contributed by atoms with Gasteiger partial charge in [0.15, 0.2) is 0 Å². The van der Waals surface area contributed by atoms with Crippen LogP contribution < -0.4 is 4.90 Å². The van der Waals surface area contributed by atoms with Crippen molar-refractivity contribution in [1.29, 1.82) is 0 Å². The van der Waals surface area contributed by atoms with Gasteiger partial charge in [0.2, 0.25) is 0 Å². The van der Waals surface area contributed by atoms with E-state index in [9.17, 15) is 9.59 Å². The summed E-state index contributed by atoms with van der Waals surface area (Å²) in [5.74, 6) is -0.489. The summed E-state index contributed by atoms with van der Waals surface area (Å²) in [6, 6.07) is 13.3. The molecule has 0 radical (unpaired) electrons. The second-order valence-electron chi connectivity index (χ2n) is 7.87. The smallest absolute Gasteiger partial charge is 0.283 e. The van der Waals surface area contributed by atoms with E-state index in [-0.39, 0.29) is 11.8 Å². The summed E-state index contributed by atoms with van der Waals surface area (Å²) in [6.45, 7) is 5.52. The Bertz CT molecular complexity index is 1010. The van der Waals surface area contributed by atoms with Gasteiger partial charge in [0, 0.05) is 23.0 Å². The molecule has 0 aromatic heterocycles. The van der Waals surface area contributed by atoms with Gasteiger partial charge < -0.3 is 4.90 Å². The van der Waals surface area contributed by atoms with E-state index in [1.165, 1.54) is 16.7 Å². The van der Waals surface area contributed by atoms with Crippen molar-refractivity contribution >= 4 is 40.9 Å². The molecule has 0 spiro atoms. The number of halogens is 1. The number of aryl methyl sites for hydroxylation is 2. The summed E-state index contributed by atoms with van der Waals surface area (Å²) in [5.41, 5.74) is 3.11. The zero-order chi connectivity index (χ0) is 21.3. The van der Waals surface area contributed by atoms with Crippen molar-refractivity contribution in [2.45, 2.75) is 44.4 Å². The van der Waals surface area contributed by atoms with E-state index in [2.05, 4.69) is 4.90 Å². The van der Waals surface area contributed by atoms with E-state index < -0.39 is 0 Å². The molecule has 2 aliphatic heterocycles. The Balaban J connectivity index is 1.76. The van der Waals surface area contributed by atoms with Crippen molar-refractivity contribution < 1.29 is 9.59 Å². The lowest BCUT2D eigenvalue weighted by atomic mass is 10.2. The number of imide groups is 1. The van der Waals surface area contributed by atoms with Gasteiger partial charge in [-0.3, -0.25) is 9.59 Å². The highest BCUT2D eigenvalue weighted by Crippen LogP contribution is 2.40. The number of anilines is 1. The van der Waals surface area contributed by atoms with E-state index in [0.717, 1.165) is 54.8 Å². The first kappa shape index (κ1) is 21.0.